The number of halogens is 4. The zero-order valence-corrected chi connectivity index (χ0v) is 17.9. The van der Waals surface area contributed by atoms with E-state index in [4.69, 9.17) is 11.6 Å². The molecule has 2 aromatic heterocycles. The highest BCUT2D eigenvalue weighted by atomic mass is 35.5. The fraction of sp³-hybridized carbons (Fsp3) is 0.350. The van der Waals surface area contributed by atoms with Crippen LogP contribution in [0.1, 0.15) is 37.4 Å². The van der Waals surface area contributed by atoms with Crippen molar-refractivity contribution in [3.05, 3.63) is 58.7 Å². The molecule has 0 aliphatic heterocycles. The summed E-state index contributed by atoms with van der Waals surface area (Å²) in [5, 5.41) is 10.7. The average molecular weight is 457 g/mol. The van der Waals surface area contributed by atoms with Gasteiger partial charge in [0.15, 0.2) is 10.8 Å². The number of aromatic nitrogens is 3. The number of amides is 1. The van der Waals surface area contributed by atoms with Gasteiger partial charge in [0.25, 0.3) is 0 Å². The first kappa shape index (κ1) is 22.4. The van der Waals surface area contributed by atoms with Crippen LogP contribution in [-0.2, 0) is 11.0 Å². The molecule has 1 N–H and O–H groups in total. The molecule has 160 valence electrons. The van der Waals surface area contributed by atoms with Gasteiger partial charge in [-0.3, -0.25) is 9.20 Å². The highest BCUT2D eigenvalue weighted by molar-refractivity contribution is 7.99. The Morgan fingerprint density at radius 1 is 1.23 bits per heavy atom. The molecule has 0 radical (unpaired) electrons. The molecule has 5 nitrogen and oxygen atoms in total. The largest absolute Gasteiger partial charge is 0.417 e. The van der Waals surface area contributed by atoms with Crippen LogP contribution in [0.25, 0.3) is 5.65 Å². The Balaban J connectivity index is 1.73. The van der Waals surface area contributed by atoms with Crippen molar-refractivity contribution in [2.45, 2.75) is 37.6 Å². The van der Waals surface area contributed by atoms with Gasteiger partial charge in [-0.25, -0.2) is 0 Å². The third-order valence-electron chi connectivity index (χ3n) is 4.33. The van der Waals surface area contributed by atoms with E-state index in [-0.39, 0.29) is 33.5 Å². The van der Waals surface area contributed by atoms with Crippen molar-refractivity contribution in [1.29, 1.82) is 0 Å². The summed E-state index contributed by atoms with van der Waals surface area (Å²) in [6.07, 6.45) is -2.91. The molecule has 30 heavy (non-hydrogen) atoms. The highest BCUT2D eigenvalue weighted by Crippen LogP contribution is 2.33. The number of hydrogen-bond acceptors (Lipinski definition) is 4. The molecule has 1 amide bonds. The quantitative estimate of drug-likeness (QED) is 0.484. The van der Waals surface area contributed by atoms with Crippen molar-refractivity contribution < 1.29 is 18.0 Å². The van der Waals surface area contributed by atoms with Gasteiger partial charge in [-0.1, -0.05) is 67.5 Å². The second kappa shape index (κ2) is 9.26. The standard InChI is InChI=1S/C20H20ClF3N4OS/c1-12(2)8-16(13-6-4-3-5-7-13)25-17(29)11-30-19-27-26-18-15(21)9-14(10-28(18)19)20(22,23)24/h3-7,9-10,12,16H,8,11H2,1-2H3,(H,25,29). The Morgan fingerprint density at radius 3 is 2.57 bits per heavy atom. The smallest absolute Gasteiger partial charge is 0.349 e. The SMILES string of the molecule is CC(C)CC(NC(=O)CSc1nnc2c(Cl)cc(C(F)(F)F)cn12)c1ccccc1. The number of fused-ring (bicyclic) bond motifs is 1. The second-order valence-electron chi connectivity index (χ2n) is 7.20. The van der Waals surface area contributed by atoms with Crippen molar-refractivity contribution in [2.75, 3.05) is 5.75 Å². The van der Waals surface area contributed by atoms with Crippen LogP contribution in [0.5, 0.6) is 0 Å². The van der Waals surface area contributed by atoms with Gasteiger partial charge in [-0.2, -0.15) is 13.2 Å². The Morgan fingerprint density at radius 2 is 1.93 bits per heavy atom. The van der Waals surface area contributed by atoms with Gasteiger partial charge < -0.3 is 5.32 Å². The molecule has 1 unspecified atom stereocenters. The first-order valence-electron chi connectivity index (χ1n) is 9.23. The summed E-state index contributed by atoms with van der Waals surface area (Å²) in [7, 11) is 0. The number of carbonyl (C=O) groups excluding carboxylic acids is 1. The van der Waals surface area contributed by atoms with Crippen LogP contribution in [0, 0.1) is 5.92 Å². The van der Waals surface area contributed by atoms with Crippen molar-refractivity contribution in [1.82, 2.24) is 19.9 Å². The van der Waals surface area contributed by atoms with Crippen LogP contribution in [0.4, 0.5) is 13.2 Å². The summed E-state index contributed by atoms with van der Waals surface area (Å²) >= 11 is 6.92. The average Bonchev–Trinajstić information content (AvgIpc) is 3.09. The first-order valence-corrected chi connectivity index (χ1v) is 10.6. The van der Waals surface area contributed by atoms with Crippen molar-refractivity contribution in [3.63, 3.8) is 0 Å². The van der Waals surface area contributed by atoms with Crippen LogP contribution in [0.2, 0.25) is 5.02 Å². The molecule has 0 saturated heterocycles. The predicted octanol–water partition coefficient (Wildman–Crippen LogP) is 5.40. The predicted molar refractivity (Wildman–Crippen MR) is 111 cm³/mol. The van der Waals surface area contributed by atoms with Crippen LogP contribution in [-0.4, -0.2) is 26.3 Å². The third kappa shape index (κ3) is 5.46. The fourth-order valence-corrected chi connectivity index (χ4v) is 3.96. The summed E-state index contributed by atoms with van der Waals surface area (Å²) in [6, 6.07) is 10.3. The maximum atomic E-state index is 13.1. The summed E-state index contributed by atoms with van der Waals surface area (Å²) in [5.41, 5.74) is 0.195. The van der Waals surface area contributed by atoms with E-state index in [1.165, 1.54) is 0 Å². The van der Waals surface area contributed by atoms with E-state index in [9.17, 15) is 18.0 Å². The van der Waals surface area contributed by atoms with Crippen LogP contribution >= 0.6 is 23.4 Å². The highest BCUT2D eigenvalue weighted by Gasteiger charge is 2.32. The summed E-state index contributed by atoms with van der Waals surface area (Å²) in [4.78, 5) is 12.5. The van der Waals surface area contributed by atoms with Crippen molar-refractivity contribution in [3.8, 4) is 0 Å². The van der Waals surface area contributed by atoms with Gasteiger partial charge in [-0.15, -0.1) is 10.2 Å². The van der Waals surface area contributed by atoms with E-state index < -0.39 is 11.7 Å². The Bertz CT molecular complexity index is 1020. The molecule has 0 fully saturated rings. The lowest BCUT2D eigenvalue weighted by atomic mass is 9.97. The van der Waals surface area contributed by atoms with Gasteiger partial charge >= 0.3 is 6.18 Å². The van der Waals surface area contributed by atoms with E-state index in [2.05, 4.69) is 29.4 Å². The number of alkyl halides is 3. The topological polar surface area (TPSA) is 59.3 Å². The number of nitrogens with one attached hydrogen (secondary N) is 1. The second-order valence-corrected chi connectivity index (χ2v) is 8.55. The molecule has 0 aliphatic rings. The van der Waals surface area contributed by atoms with Gasteiger partial charge in [0.2, 0.25) is 5.91 Å². The van der Waals surface area contributed by atoms with E-state index in [0.29, 0.717) is 5.92 Å². The van der Waals surface area contributed by atoms with Crippen molar-refractivity contribution >= 4 is 34.9 Å². The van der Waals surface area contributed by atoms with Crippen LogP contribution in [0.15, 0.2) is 47.8 Å². The number of hydrogen-bond donors (Lipinski definition) is 1. The minimum Gasteiger partial charge on any atom is -0.349 e. The van der Waals surface area contributed by atoms with E-state index in [1.807, 2.05) is 30.3 Å². The van der Waals surface area contributed by atoms with E-state index in [1.54, 1.807) is 0 Å². The Hall–Kier alpha value is -2.26. The molecule has 1 aromatic carbocycles. The molecule has 1 atom stereocenters. The lowest BCUT2D eigenvalue weighted by Crippen LogP contribution is -2.30. The summed E-state index contributed by atoms with van der Waals surface area (Å²) in [5.74, 6) is 0.103. The molecule has 2 heterocycles. The Labute approximate surface area is 181 Å². The normalized spacial score (nSPS) is 13.0. The maximum absolute atomic E-state index is 13.1. The number of benzene rings is 1. The molecule has 0 bridgehead atoms. The lowest BCUT2D eigenvalue weighted by molar-refractivity contribution is -0.137. The molecule has 0 saturated carbocycles. The summed E-state index contributed by atoms with van der Waals surface area (Å²) in [6.45, 7) is 4.14. The molecule has 0 spiro atoms. The van der Waals surface area contributed by atoms with Crippen LogP contribution < -0.4 is 5.32 Å². The number of pyridine rings is 1. The van der Waals surface area contributed by atoms with Gasteiger partial charge in [0.05, 0.1) is 22.4 Å². The summed E-state index contributed by atoms with van der Waals surface area (Å²) < 4.78 is 40.4. The lowest BCUT2D eigenvalue weighted by Gasteiger charge is -2.21. The third-order valence-corrected chi connectivity index (χ3v) is 5.55. The molecular formula is C20H20ClF3N4OS. The zero-order chi connectivity index (χ0) is 21.9. The molecule has 0 aliphatic carbocycles. The number of rotatable bonds is 7. The number of nitrogens with zero attached hydrogens (tertiary/aromatic N) is 3. The van der Waals surface area contributed by atoms with E-state index >= 15 is 0 Å². The maximum Gasteiger partial charge on any atom is 0.417 e. The molecular weight excluding hydrogens is 437 g/mol. The molecule has 10 heteroatoms. The van der Waals surface area contributed by atoms with Gasteiger partial charge in [0.1, 0.15) is 0 Å². The van der Waals surface area contributed by atoms with E-state index in [0.717, 1.165) is 40.4 Å². The number of thioether (sulfide) groups is 1. The number of carbonyl (C=O) groups is 1. The van der Waals surface area contributed by atoms with Crippen molar-refractivity contribution in [2.24, 2.45) is 5.92 Å². The molecule has 3 rings (SSSR count). The minimum absolute atomic E-state index is 0.0178. The Kier molecular flexibility index (Phi) is 6.92. The van der Waals surface area contributed by atoms with Gasteiger partial charge in [0, 0.05) is 6.20 Å². The monoisotopic (exact) mass is 456 g/mol. The zero-order valence-electron chi connectivity index (χ0n) is 16.3. The fourth-order valence-electron chi connectivity index (χ4n) is 2.99. The van der Waals surface area contributed by atoms with Crippen LogP contribution in [0.3, 0.4) is 0 Å². The van der Waals surface area contributed by atoms with Gasteiger partial charge in [-0.05, 0) is 24.0 Å². The molecule has 3 aromatic rings. The first-order chi connectivity index (χ1) is 14.1. The minimum atomic E-state index is -4.55.